The van der Waals surface area contributed by atoms with Crippen molar-refractivity contribution >= 4 is 44.9 Å². The number of hydrogen-bond acceptors (Lipinski definition) is 13. The van der Waals surface area contributed by atoms with Crippen molar-refractivity contribution < 1.29 is 56.0 Å². The number of carbonyl (C=O) groups is 3. The van der Waals surface area contributed by atoms with E-state index in [9.17, 15) is 14.7 Å². The van der Waals surface area contributed by atoms with Crippen molar-refractivity contribution in [2.75, 3.05) is 66.0 Å². The predicted molar refractivity (Wildman–Crippen MR) is 233 cm³/mol. The number of carbonyl (C=O) groups excluding carboxylic acids is 3. The van der Waals surface area contributed by atoms with Gasteiger partial charge in [-0.15, -0.1) is 0 Å². The summed E-state index contributed by atoms with van der Waals surface area (Å²) in [7, 11) is 1.58. The monoisotopic (exact) mass is 890 g/mol. The summed E-state index contributed by atoms with van der Waals surface area (Å²) < 4.78 is 55.6. The summed E-state index contributed by atoms with van der Waals surface area (Å²) in [5.74, 6) is -1.31. The molecule has 1 saturated carbocycles. The lowest BCUT2D eigenvalue weighted by molar-refractivity contribution is -0.228. The van der Waals surface area contributed by atoms with Crippen LogP contribution in [-0.2, 0) is 56.2 Å². The molecule has 6 heterocycles. The van der Waals surface area contributed by atoms with Gasteiger partial charge in [0.2, 0.25) is 5.60 Å². The van der Waals surface area contributed by atoms with Gasteiger partial charge in [-0.05, 0) is 67.8 Å². The number of anilines is 1. The van der Waals surface area contributed by atoms with Crippen LogP contribution in [0.4, 0.5) is 5.69 Å². The number of fused-ring (bicyclic) bond motifs is 6. The second kappa shape index (κ2) is 16.0. The van der Waals surface area contributed by atoms with E-state index < -0.39 is 56.3 Å². The molecule has 1 saturated heterocycles. The number of hydrogen-bond donors (Lipinski definition) is 4. The number of methoxy groups -OCH3 is 3. The van der Waals surface area contributed by atoms with Crippen molar-refractivity contribution in [1.82, 2.24) is 14.8 Å². The van der Waals surface area contributed by atoms with Crippen LogP contribution >= 0.6 is 0 Å². The predicted octanol–water partition coefficient (Wildman–Crippen LogP) is 4.14. The average molecular weight is 891 g/mol. The van der Waals surface area contributed by atoms with E-state index in [1.54, 1.807) is 7.11 Å². The Balaban J connectivity index is 0.00000103. The molecular weight excluding hydrogens is 833 g/mol. The summed E-state index contributed by atoms with van der Waals surface area (Å²) in [6, 6.07) is 11.2. The fourth-order valence-corrected chi connectivity index (χ4v) is 13.0. The van der Waals surface area contributed by atoms with Gasteiger partial charge in [-0.1, -0.05) is 55.8 Å². The van der Waals surface area contributed by atoms with E-state index in [1.807, 2.05) is 37.1 Å². The van der Waals surface area contributed by atoms with Crippen LogP contribution in [0.25, 0.3) is 10.9 Å². The molecule has 5 aliphatic heterocycles. The molecule has 17 heteroatoms. The topological polar surface area (TPSA) is 208 Å². The third kappa shape index (κ3) is 6.63. The number of aliphatic hydroxyl groups is 1. The molecule has 1 unspecified atom stereocenters. The summed E-state index contributed by atoms with van der Waals surface area (Å²) in [4.78, 5) is 53.4. The van der Waals surface area contributed by atoms with Gasteiger partial charge in [0.25, 0.3) is 0 Å². The molecule has 0 radical (unpaired) electrons. The summed E-state index contributed by atoms with van der Waals surface area (Å²) in [6.07, 6.45) is 8.43. The molecule has 4 N–H and O–H groups in total. The van der Waals surface area contributed by atoms with Gasteiger partial charge in [0.15, 0.2) is 6.10 Å². The smallest absolute Gasteiger partial charge is 0.394 e. The van der Waals surface area contributed by atoms with Gasteiger partial charge in [-0.2, -0.15) is 8.42 Å². The highest BCUT2D eigenvalue weighted by Crippen LogP contribution is 2.68. The van der Waals surface area contributed by atoms with Crippen molar-refractivity contribution in [2.24, 2.45) is 11.3 Å². The Kier molecular flexibility index (Phi) is 11.4. The Morgan fingerprint density at radius 3 is 2.35 bits per heavy atom. The molecule has 6 aliphatic rings. The Morgan fingerprint density at radius 2 is 1.70 bits per heavy atom. The maximum absolute atomic E-state index is 15.3. The number of nitrogens with zero attached hydrogens (tertiary/aromatic N) is 3. The van der Waals surface area contributed by atoms with Crippen molar-refractivity contribution in [3.63, 3.8) is 0 Å². The minimum atomic E-state index is -4.67. The molecule has 1 aliphatic carbocycles. The molecule has 9 rings (SSSR count). The highest BCUT2D eigenvalue weighted by molar-refractivity contribution is 7.79. The molecule has 9 atom stereocenters. The van der Waals surface area contributed by atoms with E-state index in [0.29, 0.717) is 43.7 Å². The SMILES string of the molecule is CCC1=C[C@@H]2CN(CCc3c([nH]c4ccccc34)[C@@](C(=O)OC)(c3cc4c(cc3OC)N(C)[C@H]3[C@@](O)(C(=O)OC)[C@H](OC(C)=O)[C@]5(CC)C=CCN6CC[C@]43[C@@H]65)C2)C1.O=S(=O)(O)O. The van der Waals surface area contributed by atoms with Crippen LogP contribution in [0, 0.1) is 11.3 Å². The van der Waals surface area contributed by atoms with E-state index in [1.165, 1.54) is 26.7 Å². The number of para-hydroxylation sites is 1. The van der Waals surface area contributed by atoms with Crippen LogP contribution in [-0.4, -0.2) is 140 Å². The highest BCUT2D eigenvalue weighted by atomic mass is 32.3. The number of ether oxygens (including phenoxy) is 4. The number of nitrogens with one attached hydrogen (secondary N) is 1. The van der Waals surface area contributed by atoms with Gasteiger partial charge in [0.05, 0.1) is 27.4 Å². The van der Waals surface area contributed by atoms with Crippen LogP contribution in [0.5, 0.6) is 5.75 Å². The van der Waals surface area contributed by atoms with Crippen molar-refractivity contribution in [2.45, 2.75) is 87.5 Å². The first-order valence-electron chi connectivity index (χ1n) is 21.5. The molecule has 1 spiro atoms. The molecular formula is C46H58N4O12S. The Bertz CT molecular complexity index is 2510. The van der Waals surface area contributed by atoms with E-state index in [-0.39, 0.29) is 17.9 Å². The number of rotatable bonds is 7. The second-order valence-corrected chi connectivity index (χ2v) is 18.8. The van der Waals surface area contributed by atoms with E-state index in [4.69, 9.17) is 36.5 Å². The summed E-state index contributed by atoms with van der Waals surface area (Å²) in [5.41, 5.74) is 1.10. The molecule has 340 valence electrons. The molecule has 63 heavy (non-hydrogen) atoms. The lowest BCUT2D eigenvalue weighted by Gasteiger charge is -2.63. The number of esters is 3. The Hall–Kier alpha value is -4.78. The Labute approximate surface area is 367 Å². The van der Waals surface area contributed by atoms with Crippen LogP contribution in [0.15, 0.2) is 60.2 Å². The molecule has 1 aromatic heterocycles. The molecule has 2 bridgehead atoms. The number of likely N-dealkylation sites (N-methyl/N-ethyl adjacent to an activating group) is 1. The van der Waals surface area contributed by atoms with Crippen LogP contribution in [0.3, 0.4) is 0 Å². The van der Waals surface area contributed by atoms with Crippen molar-refractivity contribution in [3.05, 3.63) is 82.6 Å². The molecule has 2 fully saturated rings. The number of H-pyrrole nitrogens is 1. The minimum Gasteiger partial charge on any atom is -0.496 e. The zero-order valence-electron chi connectivity index (χ0n) is 36.8. The van der Waals surface area contributed by atoms with Crippen LogP contribution < -0.4 is 9.64 Å². The molecule has 2 aromatic carbocycles. The fraction of sp³-hybridized carbons (Fsp3) is 0.543. The summed E-state index contributed by atoms with van der Waals surface area (Å²) in [5, 5.41) is 14.4. The third-order valence-electron chi connectivity index (χ3n) is 15.1. The van der Waals surface area contributed by atoms with E-state index >= 15 is 4.79 Å². The van der Waals surface area contributed by atoms with Gasteiger partial charge in [0.1, 0.15) is 11.2 Å². The van der Waals surface area contributed by atoms with E-state index in [2.05, 4.69) is 58.1 Å². The van der Waals surface area contributed by atoms with Crippen LogP contribution in [0.2, 0.25) is 0 Å². The maximum Gasteiger partial charge on any atom is 0.394 e. The molecule has 16 nitrogen and oxygen atoms in total. The lowest BCUT2D eigenvalue weighted by Crippen LogP contribution is -2.81. The Morgan fingerprint density at radius 1 is 0.984 bits per heavy atom. The lowest BCUT2D eigenvalue weighted by atomic mass is 9.47. The first kappa shape index (κ1) is 44.8. The second-order valence-electron chi connectivity index (χ2n) is 17.9. The number of aromatic nitrogens is 1. The summed E-state index contributed by atoms with van der Waals surface area (Å²) in [6.45, 7) is 9.44. The number of aromatic amines is 1. The molecule has 0 amide bonds. The first-order chi connectivity index (χ1) is 29.9. The standard InChI is InChI=1S/C46H56N4O8.H2O4S/c1-8-28-21-29-24-45(41(52)56-6,37-31(15-19-49(25-28)26-29)30-13-10-11-14-34(30)47-37)33-22-32-35(23-36(33)55-5)48(4)39-44(32)17-20-50-18-12-16-43(9-2,38(44)50)40(58-27(3)51)46(39,54)42(53)57-7;1-5(2,3)4/h10-14,16,21-23,29,38-40,47,54H,8-9,15,17-20,24-26H2,1-7H3;(H2,1,2,3,4)/t29-,38-,39+,40+,43+,44+,45-,46-;/m0./s1. The quantitative estimate of drug-likeness (QED) is 0.114. The highest BCUT2D eigenvalue weighted by Gasteiger charge is 2.80. The maximum atomic E-state index is 15.3. The third-order valence-corrected chi connectivity index (χ3v) is 15.1. The van der Waals surface area contributed by atoms with Gasteiger partial charge in [-0.3, -0.25) is 28.5 Å². The van der Waals surface area contributed by atoms with Gasteiger partial charge < -0.3 is 33.9 Å². The summed E-state index contributed by atoms with van der Waals surface area (Å²) >= 11 is 0. The minimum absolute atomic E-state index is 0.0217. The largest absolute Gasteiger partial charge is 0.496 e. The fourth-order valence-electron chi connectivity index (χ4n) is 13.0. The van der Waals surface area contributed by atoms with Crippen LogP contribution in [0.1, 0.15) is 68.8 Å². The average Bonchev–Trinajstić information content (AvgIpc) is 3.92. The van der Waals surface area contributed by atoms with Gasteiger partial charge in [-0.25, -0.2) is 4.79 Å². The van der Waals surface area contributed by atoms with Gasteiger partial charge in [0, 0.05) is 90.9 Å². The molecule has 3 aromatic rings. The normalized spacial score (nSPS) is 32.9. The van der Waals surface area contributed by atoms with E-state index in [0.717, 1.165) is 65.9 Å². The zero-order chi connectivity index (χ0) is 45.4. The first-order valence-corrected chi connectivity index (χ1v) is 22.9. The van der Waals surface area contributed by atoms with Crippen molar-refractivity contribution in [1.29, 1.82) is 0 Å². The zero-order valence-corrected chi connectivity index (χ0v) is 37.7. The van der Waals surface area contributed by atoms with Crippen molar-refractivity contribution in [3.8, 4) is 5.75 Å². The van der Waals surface area contributed by atoms with Gasteiger partial charge >= 0.3 is 28.3 Å². The number of benzene rings is 2.